The molecule has 0 heterocycles. The molecule has 3 aromatic rings. The number of halogens is 1. The van der Waals surface area contributed by atoms with Crippen LogP contribution in [0.5, 0.6) is 0 Å². The molecular weight excluding hydrogens is 419 g/mol. The molecule has 0 saturated heterocycles. The Kier molecular flexibility index (Phi) is 6.27. The van der Waals surface area contributed by atoms with Gasteiger partial charge in [0.2, 0.25) is 0 Å². The van der Waals surface area contributed by atoms with E-state index >= 15 is 0 Å². The predicted octanol–water partition coefficient (Wildman–Crippen LogP) is 6.07. The van der Waals surface area contributed by atoms with Crippen LogP contribution in [0.3, 0.4) is 0 Å². The first-order valence-electron chi connectivity index (χ1n) is 8.64. The summed E-state index contributed by atoms with van der Waals surface area (Å²) in [6.45, 7) is 2.94. The third-order valence-corrected chi connectivity index (χ3v) is 5.89. The van der Waals surface area contributed by atoms with Gasteiger partial charge in [0.1, 0.15) is 5.60 Å². The van der Waals surface area contributed by atoms with Crippen molar-refractivity contribution in [3.05, 3.63) is 108 Å². The van der Waals surface area contributed by atoms with Gasteiger partial charge in [0.05, 0.1) is 6.61 Å². The van der Waals surface area contributed by atoms with Crippen molar-refractivity contribution in [1.29, 1.82) is 0 Å². The number of alkyl halides is 1. The fraction of sp³-hybridized carbons (Fsp3) is 0.217. The lowest BCUT2D eigenvalue weighted by Crippen LogP contribution is -2.34. The highest BCUT2D eigenvalue weighted by Crippen LogP contribution is 2.40. The zero-order valence-corrected chi connectivity index (χ0v) is 16.6. The molecule has 0 fully saturated rings. The van der Waals surface area contributed by atoms with Gasteiger partial charge >= 0.3 is 0 Å². The molecule has 1 nitrogen and oxygen atoms in total. The van der Waals surface area contributed by atoms with E-state index in [0.29, 0.717) is 12.5 Å². The maximum Gasteiger partial charge on any atom is 0.143 e. The van der Waals surface area contributed by atoms with Gasteiger partial charge in [-0.1, -0.05) is 121 Å². The highest BCUT2D eigenvalue weighted by Gasteiger charge is 2.37. The predicted molar refractivity (Wildman–Crippen MR) is 113 cm³/mol. The number of benzene rings is 3. The van der Waals surface area contributed by atoms with Crippen LogP contribution in [0.1, 0.15) is 23.6 Å². The van der Waals surface area contributed by atoms with E-state index in [9.17, 15) is 0 Å². The molecule has 0 aliphatic rings. The minimum atomic E-state index is -0.593. The normalized spacial score (nSPS) is 12.7. The van der Waals surface area contributed by atoms with Crippen molar-refractivity contribution in [3.8, 4) is 0 Å². The summed E-state index contributed by atoms with van der Waals surface area (Å²) in [6, 6.07) is 31.6. The summed E-state index contributed by atoms with van der Waals surface area (Å²) in [6.07, 6.45) is 0. The van der Waals surface area contributed by atoms with E-state index in [1.807, 2.05) is 0 Å². The molecule has 128 valence electrons. The summed E-state index contributed by atoms with van der Waals surface area (Å²) in [4.78, 5) is 0. The Balaban J connectivity index is 2.20. The van der Waals surface area contributed by atoms with Crippen molar-refractivity contribution in [3.63, 3.8) is 0 Å². The second kappa shape index (κ2) is 8.63. The number of hydrogen-bond donors (Lipinski definition) is 0. The van der Waals surface area contributed by atoms with Crippen molar-refractivity contribution >= 4 is 22.6 Å². The highest BCUT2D eigenvalue weighted by molar-refractivity contribution is 14.1. The summed E-state index contributed by atoms with van der Waals surface area (Å²) >= 11 is 2.43. The minimum absolute atomic E-state index is 0.496. The second-order valence-electron chi connectivity index (χ2n) is 6.35. The minimum Gasteiger partial charge on any atom is -0.361 e. The first-order valence-corrected chi connectivity index (χ1v) is 10.2. The lowest BCUT2D eigenvalue weighted by atomic mass is 9.80. The number of ether oxygens (including phenoxy) is 1. The topological polar surface area (TPSA) is 9.23 Å². The smallest absolute Gasteiger partial charge is 0.143 e. The van der Waals surface area contributed by atoms with Gasteiger partial charge in [0, 0.05) is 4.43 Å². The van der Waals surface area contributed by atoms with Gasteiger partial charge < -0.3 is 4.74 Å². The first kappa shape index (κ1) is 18.2. The molecule has 0 aliphatic carbocycles. The maximum absolute atomic E-state index is 6.74. The summed E-state index contributed by atoms with van der Waals surface area (Å²) in [5.41, 5.74) is 2.89. The van der Waals surface area contributed by atoms with Gasteiger partial charge in [0.25, 0.3) is 0 Å². The standard InChI is InChI=1S/C23H23IO/c1-19(17-24)18-25-23(20-11-5-2-6-12-20,21-13-7-3-8-14-21)22-15-9-4-10-16-22/h2-16,19H,17-18H2,1H3/t19-/m1/s1. The van der Waals surface area contributed by atoms with Crippen LogP contribution in [0.2, 0.25) is 0 Å². The van der Waals surface area contributed by atoms with E-state index in [-0.39, 0.29) is 0 Å². The fourth-order valence-corrected chi connectivity index (χ4v) is 3.33. The summed E-state index contributed by atoms with van der Waals surface area (Å²) in [7, 11) is 0. The molecule has 0 N–H and O–H groups in total. The first-order chi connectivity index (χ1) is 12.3. The average molecular weight is 442 g/mol. The molecule has 1 atom stereocenters. The Labute approximate surface area is 164 Å². The van der Waals surface area contributed by atoms with Gasteiger partial charge in [-0.25, -0.2) is 0 Å². The van der Waals surface area contributed by atoms with Crippen LogP contribution in [-0.4, -0.2) is 11.0 Å². The van der Waals surface area contributed by atoms with Crippen LogP contribution in [0, 0.1) is 5.92 Å². The van der Waals surface area contributed by atoms with Crippen LogP contribution in [0.15, 0.2) is 91.0 Å². The van der Waals surface area contributed by atoms with Gasteiger partial charge in [0.15, 0.2) is 0 Å². The summed E-state index contributed by atoms with van der Waals surface area (Å²) in [5, 5.41) is 0. The third-order valence-electron chi connectivity index (χ3n) is 4.39. The number of hydrogen-bond acceptors (Lipinski definition) is 1. The van der Waals surface area contributed by atoms with Crippen LogP contribution >= 0.6 is 22.6 Å². The van der Waals surface area contributed by atoms with Crippen molar-refractivity contribution in [2.45, 2.75) is 12.5 Å². The van der Waals surface area contributed by atoms with E-state index in [2.05, 4.69) is 121 Å². The Hall–Kier alpha value is -1.65. The lowest BCUT2D eigenvalue weighted by molar-refractivity contribution is -0.00118. The van der Waals surface area contributed by atoms with E-state index < -0.39 is 5.60 Å². The van der Waals surface area contributed by atoms with Gasteiger partial charge in [-0.15, -0.1) is 0 Å². The molecule has 0 aromatic heterocycles. The maximum atomic E-state index is 6.74. The van der Waals surface area contributed by atoms with Crippen LogP contribution in [0.25, 0.3) is 0 Å². The van der Waals surface area contributed by atoms with E-state index in [4.69, 9.17) is 4.74 Å². The van der Waals surface area contributed by atoms with Crippen molar-refractivity contribution in [2.75, 3.05) is 11.0 Å². The Morgan fingerprint density at radius 3 is 1.40 bits per heavy atom. The SMILES string of the molecule is C[C@H](CI)COC(c1ccccc1)(c1ccccc1)c1ccccc1. The summed E-state index contributed by atoms with van der Waals surface area (Å²) < 4.78 is 7.81. The van der Waals surface area contributed by atoms with E-state index in [1.54, 1.807) is 0 Å². The largest absolute Gasteiger partial charge is 0.361 e. The van der Waals surface area contributed by atoms with Crippen molar-refractivity contribution in [1.82, 2.24) is 0 Å². The Bertz CT molecular complexity index is 659. The third kappa shape index (κ3) is 3.96. The molecular formula is C23H23IO. The van der Waals surface area contributed by atoms with Gasteiger partial charge in [-0.3, -0.25) is 0 Å². The lowest BCUT2D eigenvalue weighted by Gasteiger charge is -2.36. The van der Waals surface area contributed by atoms with E-state index in [1.165, 1.54) is 0 Å². The summed E-state index contributed by atoms with van der Waals surface area (Å²) in [5.74, 6) is 0.496. The zero-order chi connectivity index (χ0) is 17.5. The molecule has 0 radical (unpaired) electrons. The monoisotopic (exact) mass is 442 g/mol. The second-order valence-corrected chi connectivity index (χ2v) is 7.23. The van der Waals surface area contributed by atoms with Crippen molar-refractivity contribution in [2.24, 2.45) is 5.92 Å². The Morgan fingerprint density at radius 2 is 1.08 bits per heavy atom. The van der Waals surface area contributed by atoms with Crippen LogP contribution < -0.4 is 0 Å². The fourth-order valence-electron chi connectivity index (χ4n) is 3.08. The molecule has 0 bridgehead atoms. The molecule has 0 amide bonds. The molecule has 0 saturated carbocycles. The Morgan fingerprint density at radius 1 is 0.720 bits per heavy atom. The molecule has 0 aliphatic heterocycles. The average Bonchev–Trinajstić information content (AvgIpc) is 2.71. The van der Waals surface area contributed by atoms with Gasteiger partial charge in [-0.2, -0.15) is 0 Å². The highest BCUT2D eigenvalue weighted by atomic mass is 127. The molecule has 0 unspecified atom stereocenters. The molecule has 2 heteroatoms. The molecule has 0 spiro atoms. The van der Waals surface area contributed by atoms with Crippen LogP contribution in [-0.2, 0) is 10.3 Å². The van der Waals surface area contributed by atoms with Crippen LogP contribution in [0.4, 0.5) is 0 Å². The van der Waals surface area contributed by atoms with Crippen molar-refractivity contribution < 1.29 is 4.74 Å². The molecule has 3 rings (SSSR count). The van der Waals surface area contributed by atoms with Gasteiger partial charge in [-0.05, 0) is 22.6 Å². The zero-order valence-electron chi connectivity index (χ0n) is 14.4. The van der Waals surface area contributed by atoms with E-state index in [0.717, 1.165) is 21.1 Å². The molecule has 25 heavy (non-hydrogen) atoms. The quantitative estimate of drug-likeness (QED) is 0.245. The molecule has 3 aromatic carbocycles. The number of rotatable bonds is 7.